The van der Waals surface area contributed by atoms with Gasteiger partial charge in [0, 0.05) is 25.0 Å². The number of aromatic nitrogens is 1. The summed E-state index contributed by atoms with van der Waals surface area (Å²) in [6, 6.07) is 9.64. The molecule has 2 heterocycles. The van der Waals surface area contributed by atoms with Gasteiger partial charge in [0.15, 0.2) is 5.57 Å². The molecule has 9 heteroatoms. The average molecular weight is 498 g/mol. The zero-order valence-corrected chi connectivity index (χ0v) is 21.5. The highest BCUT2D eigenvalue weighted by Gasteiger charge is 2.20. The molecule has 1 aromatic heterocycles. The molecule has 0 aliphatic carbocycles. The number of nitrogens with zero attached hydrogens (tertiary/aromatic N) is 3. The number of thiazole rings is 1. The maximum atomic E-state index is 12.9. The molecule has 8 nitrogen and oxygen atoms in total. The molecule has 1 aromatic carbocycles. The minimum Gasteiger partial charge on any atom is -0.394 e. The van der Waals surface area contributed by atoms with Gasteiger partial charge in [-0.3, -0.25) is 14.2 Å². The van der Waals surface area contributed by atoms with Crippen molar-refractivity contribution in [3.63, 3.8) is 0 Å². The van der Waals surface area contributed by atoms with Crippen LogP contribution in [-0.4, -0.2) is 52.8 Å². The van der Waals surface area contributed by atoms with E-state index in [0.29, 0.717) is 15.7 Å². The van der Waals surface area contributed by atoms with Gasteiger partial charge < -0.3 is 20.6 Å². The second-order valence-electron chi connectivity index (χ2n) is 9.10. The molecule has 1 saturated heterocycles. The fourth-order valence-electron chi connectivity index (χ4n) is 4.06. The Kier molecular flexibility index (Phi) is 9.66. The van der Waals surface area contributed by atoms with Gasteiger partial charge in [-0.1, -0.05) is 26.0 Å². The fourth-order valence-corrected chi connectivity index (χ4v) is 5.15. The highest BCUT2D eigenvalue weighted by Crippen LogP contribution is 2.12. The summed E-state index contributed by atoms with van der Waals surface area (Å²) in [6.45, 7) is 9.11. The Morgan fingerprint density at radius 2 is 1.94 bits per heavy atom. The molecule has 3 N–H and O–H groups in total. The topological polar surface area (TPSA) is 110 Å². The summed E-state index contributed by atoms with van der Waals surface area (Å²) >= 11 is 1.10. The largest absolute Gasteiger partial charge is 0.394 e. The van der Waals surface area contributed by atoms with Gasteiger partial charge in [-0.25, -0.2) is 0 Å². The third-order valence-electron chi connectivity index (χ3n) is 6.33. The van der Waals surface area contributed by atoms with E-state index in [0.717, 1.165) is 30.0 Å². The molecule has 1 atom stereocenters. The molecule has 0 unspecified atom stereocenters. The van der Waals surface area contributed by atoms with Gasteiger partial charge >= 0.3 is 0 Å². The minimum absolute atomic E-state index is 0.000275. The number of aliphatic hydroxyl groups is 1. The Morgan fingerprint density at radius 3 is 2.51 bits per heavy atom. The van der Waals surface area contributed by atoms with Crippen LogP contribution in [0.4, 0.5) is 5.69 Å². The van der Waals surface area contributed by atoms with Crippen LogP contribution in [0.25, 0.3) is 11.8 Å². The van der Waals surface area contributed by atoms with E-state index in [-0.39, 0.29) is 23.7 Å². The molecule has 35 heavy (non-hydrogen) atoms. The van der Waals surface area contributed by atoms with Crippen molar-refractivity contribution in [2.24, 2.45) is 5.92 Å². The third kappa shape index (κ3) is 6.82. The van der Waals surface area contributed by atoms with E-state index in [2.05, 4.69) is 27.7 Å². The first-order valence-corrected chi connectivity index (χ1v) is 13.0. The number of amides is 1. The van der Waals surface area contributed by atoms with E-state index >= 15 is 0 Å². The predicted molar refractivity (Wildman–Crippen MR) is 140 cm³/mol. The molecule has 0 radical (unpaired) electrons. The Bertz CT molecular complexity index is 1220. The summed E-state index contributed by atoms with van der Waals surface area (Å²) in [6.07, 6.45) is 5.23. The van der Waals surface area contributed by atoms with Gasteiger partial charge in [-0.15, -0.1) is 11.3 Å². The van der Waals surface area contributed by atoms with Gasteiger partial charge in [0.2, 0.25) is 0 Å². The van der Waals surface area contributed by atoms with Crippen molar-refractivity contribution in [3.05, 3.63) is 49.4 Å². The van der Waals surface area contributed by atoms with Crippen molar-refractivity contribution in [1.29, 1.82) is 5.26 Å². The van der Waals surface area contributed by atoms with Crippen LogP contribution in [0.3, 0.4) is 0 Å². The number of anilines is 1. The molecule has 0 spiro atoms. The van der Waals surface area contributed by atoms with Gasteiger partial charge in [0.05, 0.1) is 12.6 Å². The molecule has 2 aromatic rings. The summed E-state index contributed by atoms with van der Waals surface area (Å²) in [5.74, 6) is -0.590. The Balaban J connectivity index is 1.81. The van der Waals surface area contributed by atoms with Crippen LogP contribution < -0.4 is 25.4 Å². The van der Waals surface area contributed by atoms with Crippen LogP contribution in [-0.2, 0) is 17.8 Å². The number of carbonyl (C=O) groups is 1. The SMILES string of the molecule is CCn1c(=O)/c(=C\Nc2ccc(CCN3CCCC3)cc2)s/c1=C(/C#N)C(=O)N[C@H](CO)C(C)C. The van der Waals surface area contributed by atoms with Crippen molar-refractivity contribution in [1.82, 2.24) is 14.8 Å². The quantitative estimate of drug-likeness (QED) is 0.455. The van der Waals surface area contributed by atoms with Crippen LogP contribution in [0.15, 0.2) is 29.1 Å². The lowest BCUT2D eigenvalue weighted by molar-refractivity contribution is -0.116. The van der Waals surface area contributed by atoms with Crippen molar-refractivity contribution >= 4 is 34.7 Å². The molecule has 188 valence electrons. The number of benzene rings is 1. The number of hydrogen-bond acceptors (Lipinski definition) is 7. The van der Waals surface area contributed by atoms with E-state index in [9.17, 15) is 20.0 Å². The minimum atomic E-state index is -0.590. The molecule has 1 aliphatic rings. The van der Waals surface area contributed by atoms with Gasteiger partial charge in [0.1, 0.15) is 15.3 Å². The lowest BCUT2D eigenvalue weighted by Gasteiger charge is -2.19. The normalized spacial score (nSPS) is 16.3. The van der Waals surface area contributed by atoms with Crippen LogP contribution >= 0.6 is 11.3 Å². The van der Waals surface area contributed by atoms with Gasteiger partial charge in [-0.2, -0.15) is 5.26 Å². The lowest BCUT2D eigenvalue weighted by Crippen LogP contribution is -2.43. The molecule has 1 aliphatic heterocycles. The monoisotopic (exact) mass is 497 g/mol. The van der Waals surface area contributed by atoms with E-state index < -0.39 is 11.9 Å². The third-order valence-corrected chi connectivity index (χ3v) is 7.46. The molecular formula is C26H35N5O3S. The first-order chi connectivity index (χ1) is 16.9. The zero-order chi connectivity index (χ0) is 25.4. The smallest absolute Gasteiger partial charge is 0.270 e. The summed E-state index contributed by atoms with van der Waals surface area (Å²) < 4.78 is 2.15. The number of rotatable bonds is 10. The second-order valence-corrected chi connectivity index (χ2v) is 10.1. The summed E-state index contributed by atoms with van der Waals surface area (Å²) in [5, 5.41) is 25.1. The van der Waals surface area contributed by atoms with Crippen LogP contribution in [0.2, 0.25) is 0 Å². The summed E-state index contributed by atoms with van der Waals surface area (Å²) in [4.78, 5) is 28.2. The number of nitrogens with one attached hydrogen (secondary N) is 2. The summed E-state index contributed by atoms with van der Waals surface area (Å²) in [7, 11) is 0. The highest BCUT2D eigenvalue weighted by atomic mass is 32.1. The molecule has 3 rings (SSSR count). The van der Waals surface area contributed by atoms with Crippen LogP contribution in [0.1, 0.15) is 39.2 Å². The van der Waals surface area contributed by atoms with Crippen molar-refractivity contribution in [2.75, 3.05) is 31.6 Å². The summed E-state index contributed by atoms with van der Waals surface area (Å²) in [5.41, 5.74) is 1.74. The number of nitriles is 1. The predicted octanol–water partition coefficient (Wildman–Crippen LogP) is 1.23. The first-order valence-electron chi connectivity index (χ1n) is 12.2. The molecule has 0 bridgehead atoms. The maximum Gasteiger partial charge on any atom is 0.270 e. The number of carbonyl (C=O) groups excluding carboxylic acids is 1. The molecule has 1 fully saturated rings. The standard InChI is InChI=1S/C26H35N5O3S/c1-4-31-25(34)23(35-26(31)21(15-27)24(33)29-22(17-32)18(2)3)16-28-20-9-7-19(8-10-20)11-14-30-12-5-6-13-30/h7-10,16,18,22,28,32H,4-6,11-14,17H2,1-3H3,(H,29,33)/b23-16+,26-21-/t22-/m1/s1. The maximum absolute atomic E-state index is 12.9. The Hall–Kier alpha value is -2.93. The molecule has 0 saturated carbocycles. The average Bonchev–Trinajstić information content (AvgIpc) is 3.48. The lowest BCUT2D eigenvalue weighted by atomic mass is 10.1. The van der Waals surface area contributed by atoms with E-state index in [1.54, 1.807) is 13.1 Å². The number of aliphatic hydroxyl groups excluding tert-OH is 1. The molecular weight excluding hydrogens is 462 g/mol. The van der Waals surface area contributed by atoms with Crippen molar-refractivity contribution in [2.45, 2.75) is 52.6 Å². The van der Waals surface area contributed by atoms with E-state index in [1.165, 1.54) is 36.1 Å². The number of likely N-dealkylation sites (tertiary alicyclic amines) is 1. The Morgan fingerprint density at radius 1 is 1.26 bits per heavy atom. The van der Waals surface area contributed by atoms with Crippen molar-refractivity contribution in [3.8, 4) is 6.07 Å². The second kappa shape index (κ2) is 12.7. The molecule has 1 amide bonds. The van der Waals surface area contributed by atoms with Crippen LogP contribution in [0.5, 0.6) is 0 Å². The van der Waals surface area contributed by atoms with E-state index in [1.807, 2.05) is 32.0 Å². The zero-order valence-electron chi connectivity index (χ0n) is 20.7. The van der Waals surface area contributed by atoms with Gasteiger partial charge in [-0.05, 0) is 62.9 Å². The van der Waals surface area contributed by atoms with Gasteiger partial charge in [0.25, 0.3) is 11.5 Å². The van der Waals surface area contributed by atoms with Crippen LogP contribution in [0, 0.1) is 17.2 Å². The highest BCUT2D eigenvalue weighted by molar-refractivity contribution is 7.07. The first kappa shape index (κ1) is 26.7. The fraction of sp³-hybridized carbons (Fsp3) is 0.500. The van der Waals surface area contributed by atoms with E-state index in [4.69, 9.17) is 0 Å². The van der Waals surface area contributed by atoms with Crippen molar-refractivity contribution < 1.29 is 9.90 Å². The number of hydrogen-bond donors (Lipinski definition) is 3. The Labute approximate surface area is 210 Å².